The SMILES string of the molecule is C=C1/C=C\C=C/Cc2ccc(N(c3ccccc3)c3cccc(-c4cccc(-c5ccc6c(c5)c5ccccc5n6-c5ccc(-c6ccccc6)cc5)c4)c3)cc2C1(c1ccccc1)c1ccccc1. The van der Waals surface area contributed by atoms with Crippen LogP contribution in [0, 0.1) is 0 Å². The lowest BCUT2D eigenvalue weighted by Gasteiger charge is -2.39. The third-order valence-corrected chi connectivity index (χ3v) is 14.1. The predicted molar refractivity (Wildman–Crippen MR) is 296 cm³/mol. The number of para-hydroxylation sites is 2. The van der Waals surface area contributed by atoms with E-state index in [0.717, 1.165) is 45.9 Å². The second-order valence-corrected chi connectivity index (χ2v) is 18.1. The van der Waals surface area contributed by atoms with E-state index in [0.29, 0.717) is 0 Å². The first-order valence-electron chi connectivity index (χ1n) is 24.2. The Bertz CT molecular complexity index is 3690. The standard InChI is InChI=1S/C68H50N2/c1-49-21-7-2-10-24-52-39-43-62(48-65(52)68(49,57-28-11-4-12-29-57)58-30-13-5-14-31-58)69(59-32-15-6-16-33-59)61-34-20-27-55(46-61)53-25-19-26-54(45-53)56-40-44-67-64(47-56)63-35-17-18-36-66(63)70(67)60-41-37-51(38-42-60)50-22-8-3-9-23-50/h2-23,25-48H,1,24H2/b10-2-,21-7-. The molecular formula is C68H50N2. The Hall–Kier alpha value is -8.98. The molecule has 0 unspecified atom stereocenters. The molecule has 70 heavy (non-hydrogen) atoms. The summed E-state index contributed by atoms with van der Waals surface area (Å²) in [7, 11) is 0. The highest BCUT2D eigenvalue weighted by atomic mass is 15.1. The van der Waals surface area contributed by atoms with Crippen molar-refractivity contribution in [2.45, 2.75) is 11.8 Å². The van der Waals surface area contributed by atoms with Crippen molar-refractivity contribution in [2.75, 3.05) is 4.90 Å². The van der Waals surface area contributed by atoms with Gasteiger partial charge in [0.1, 0.15) is 0 Å². The number of rotatable bonds is 9. The van der Waals surface area contributed by atoms with Crippen LogP contribution in [0.5, 0.6) is 0 Å². The normalized spacial score (nSPS) is 14.0. The lowest BCUT2D eigenvalue weighted by Crippen LogP contribution is -2.32. The van der Waals surface area contributed by atoms with Crippen molar-refractivity contribution in [1.29, 1.82) is 0 Å². The van der Waals surface area contributed by atoms with E-state index in [1.54, 1.807) is 0 Å². The fraction of sp³-hybridized carbons (Fsp3) is 0.0294. The van der Waals surface area contributed by atoms with Crippen LogP contribution in [0.4, 0.5) is 17.1 Å². The average Bonchev–Trinajstić information content (AvgIpc) is 3.79. The number of fused-ring (bicyclic) bond motifs is 4. The van der Waals surface area contributed by atoms with Gasteiger partial charge in [0.2, 0.25) is 0 Å². The molecule has 1 aliphatic carbocycles. The number of anilines is 3. The molecule has 0 saturated heterocycles. The van der Waals surface area contributed by atoms with Gasteiger partial charge in [0.25, 0.3) is 0 Å². The van der Waals surface area contributed by atoms with Gasteiger partial charge in [-0.2, -0.15) is 0 Å². The van der Waals surface area contributed by atoms with Gasteiger partial charge >= 0.3 is 0 Å². The Balaban J connectivity index is 0.950. The van der Waals surface area contributed by atoms with Gasteiger partial charge in [-0.25, -0.2) is 0 Å². The summed E-state index contributed by atoms with van der Waals surface area (Å²) < 4.78 is 2.39. The van der Waals surface area contributed by atoms with Crippen LogP contribution in [0.2, 0.25) is 0 Å². The van der Waals surface area contributed by atoms with E-state index in [-0.39, 0.29) is 0 Å². The third kappa shape index (κ3) is 7.57. The lowest BCUT2D eigenvalue weighted by molar-refractivity contribution is 0.737. The first-order valence-corrected chi connectivity index (χ1v) is 24.2. The molecule has 2 heteroatoms. The van der Waals surface area contributed by atoms with E-state index in [1.165, 1.54) is 66.3 Å². The summed E-state index contributed by atoms with van der Waals surface area (Å²) in [5.41, 5.74) is 19.1. The number of hydrogen-bond donors (Lipinski definition) is 0. The van der Waals surface area contributed by atoms with Gasteiger partial charge in [-0.1, -0.05) is 213 Å². The van der Waals surface area contributed by atoms with Crippen LogP contribution in [0.3, 0.4) is 0 Å². The lowest BCUT2D eigenvalue weighted by atomic mass is 9.63. The summed E-state index contributed by atoms with van der Waals surface area (Å²) >= 11 is 0. The molecule has 0 radical (unpaired) electrons. The second kappa shape index (κ2) is 18.3. The highest BCUT2D eigenvalue weighted by Gasteiger charge is 2.40. The van der Waals surface area contributed by atoms with Crippen LogP contribution in [0.25, 0.3) is 60.9 Å². The number of aromatic nitrogens is 1. The zero-order chi connectivity index (χ0) is 46.9. The molecule has 2 nitrogen and oxygen atoms in total. The van der Waals surface area contributed by atoms with Crippen LogP contribution in [-0.2, 0) is 11.8 Å². The molecule has 1 aliphatic rings. The Morgan fingerprint density at radius 1 is 0.386 bits per heavy atom. The summed E-state index contributed by atoms with van der Waals surface area (Å²) in [5, 5.41) is 2.47. The smallest absolute Gasteiger partial charge is 0.0699 e. The minimum Gasteiger partial charge on any atom is -0.310 e. The van der Waals surface area contributed by atoms with Gasteiger partial charge in [0.05, 0.1) is 16.4 Å². The van der Waals surface area contributed by atoms with E-state index in [2.05, 4.69) is 289 Å². The molecule has 0 N–H and O–H groups in total. The van der Waals surface area contributed by atoms with Gasteiger partial charge < -0.3 is 9.47 Å². The molecule has 1 aromatic heterocycles. The third-order valence-electron chi connectivity index (χ3n) is 14.1. The minimum atomic E-state index is -0.646. The number of hydrogen-bond acceptors (Lipinski definition) is 1. The maximum Gasteiger partial charge on any atom is 0.0699 e. The van der Waals surface area contributed by atoms with Crippen LogP contribution in [0.1, 0.15) is 22.3 Å². The Kier molecular flexibility index (Phi) is 11.1. The number of benzene rings is 10. The summed E-state index contributed by atoms with van der Waals surface area (Å²) in [5.74, 6) is 0. The predicted octanol–water partition coefficient (Wildman–Crippen LogP) is 17.8. The molecule has 0 atom stereocenters. The average molecular weight is 895 g/mol. The first-order chi connectivity index (χ1) is 34.6. The van der Waals surface area contributed by atoms with E-state index >= 15 is 0 Å². The van der Waals surface area contributed by atoms with E-state index in [4.69, 9.17) is 6.58 Å². The van der Waals surface area contributed by atoms with Crippen LogP contribution < -0.4 is 4.90 Å². The monoisotopic (exact) mass is 894 g/mol. The summed E-state index contributed by atoms with van der Waals surface area (Å²) in [6.07, 6.45) is 9.52. The van der Waals surface area contributed by atoms with Crippen molar-refractivity contribution in [2.24, 2.45) is 0 Å². The van der Waals surface area contributed by atoms with E-state index < -0.39 is 5.41 Å². The largest absolute Gasteiger partial charge is 0.310 e. The van der Waals surface area contributed by atoms with E-state index in [9.17, 15) is 0 Å². The molecule has 0 aliphatic heterocycles. The highest BCUT2D eigenvalue weighted by molar-refractivity contribution is 6.10. The molecule has 1 heterocycles. The molecule has 0 saturated carbocycles. The molecular weight excluding hydrogens is 845 g/mol. The number of nitrogens with zero attached hydrogens (tertiary/aromatic N) is 2. The first kappa shape index (κ1) is 42.4. The summed E-state index contributed by atoms with van der Waals surface area (Å²) in [4.78, 5) is 2.40. The van der Waals surface area contributed by atoms with Crippen molar-refractivity contribution in [1.82, 2.24) is 4.57 Å². The van der Waals surface area contributed by atoms with Crippen molar-refractivity contribution < 1.29 is 0 Å². The molecule has 0 fully saturated rings. The maximum atomic E-state index is 4.85. The zero-order valence-electron chi connectivity index (χ0n) is 38.9. The Labute approximate surface area is 410 Å². The summed E-state index contributed by atoms with van der Waals surface area (Å²) in [6.45, 7) is 4.85. The van der Waals surface area contributed by atoms with Crippen LogP contribution >= 0.6 is 0 Å². The highest BCUT2D eigenvalue weighted by Crippen LogP contribution is 2.49. The zero-order valence-corrected chi connectivity index (χ0v) is 38.9. The van der Waals surface area contributed by atoms with Gasteiger partial charge in [-0.05, 0) is 140 Å². The maximum absolute atomic E-state index is 4.85. The van der Waals surface area contributed by atoms with Crippen molar-refractivity contribution in [3.05, 3.63) is 313 Å². The molecule has 10 aromatic carbocycles. The van der Waals surface area contributed by atoms with Crippen molar-refractivity contribution in [3.63, 3.8) is 0 Å². The van der Waals surface area contributed by atoms with Crippen molar-refractivity contribution >= 4 is 38.9 Å². The second-order valence-electron chi connectivity index (χ2n) is 18.1. The van der Waals surface area contributed by atoms with Crippen LogP contribution in [0.15, 0.2) is 291 Å². The molecule has 0 bridgehead atoms. The molecule has 11 aromatic rings. The minimum absolute atomic E-state index is 0.646. The van der Waals surface area contributed by atoms with E-state index in [1.807, 2.05) is 0 Å². The number of allylic oxidation sites excluding steroid dienone is 5. The van der Waals surface area contributed by atoms with Gasteiger partial charge in [0.15, 0.2) is 0 Å². The molecule has 0 spiro atoms. The fourth-order valence-electron chi connectivity index (χ4n) is 10.8. The van der Waals surface area contributed by atoms with Gasteiger partial charge in [-0.15, -0.1) is 0 Å². The summed E-state index contributed by atoms with van der Waals surface area (Å²) in [6, 6.07) is 92.7. The Morgan fingerprint density at radius 3 is 1.63 bits per heavy atom. The molecule has 12 rings (SSSR count). The quantitative estimate of drug-likeness (QED) is 0.140. The fourth-order valence-corrected chi connectivity index (χ4v) is 10.8. The van der Waals surface area contributed by atoms with Gasteiger partial charge in [0, 0.05) is 33.5 Å². The molecule has 0 amide bonds. The van der Waals surface area contributed by atoms with Crippen LogP contribution in [-0.4, -0.2) is 4.57 Å². The van der Waals surface area contributed by atoms with Gasteiger partial charge in [-0.3, -0.25) is 0 Å². The Morgan fingerprint density at radius 2 is 0.914 bits per heavy atom. The topological polar surface area (TPSA) is 8.17 Å². The molecule has 332 valence electrons. The van der Waals surface area contributed by atoms with Crippen molar-refractivity contribution in [3.8, 4) is 39.1 Å².